The molecule has 0 unspecified atom stereocenters. The first-order valence-electron chi connectivity index (χ1n) is 6.39. The van der Waals surface area contributed by atoms with Gasteiger partial charge in [0.05, 0.1) is 12.8 Å². The van der Waals surface area contributed by atoms with E-state index < -0.39 is 21.0 Å². The summed E-state index contributed by atoms with van der Waals surface area (Å²) < 4.78 is 68.0. The number of methoxy groups -OCH3 is 1. The van der Waals surface area contributed by atoms with E-state index in [4.69, 9.17) is 10.5 Å². The minimum Gasteiger partial charge on any atom is -0.495 e. The summed E-state index contributed by atoms with van der Waals surface area (Å²) in [6.07, 6.45) is 0. The van der Waals surface area contributed by atoms with Crippen LogP contribution in [0.4, 0.5) is 30.8 Å². The molecule has 0 fully saturated rings. The molecule has 2 aromatic carbocycles. The molecule has 2 rings (SSSR count). The van der Waals surface area contributed by atoms with Crippen molar-refractivity contribution in [2.45, 2.75) is 4.90 Å². The van der Waals surface area contributed by atoms with Crippen molar-refractivity contribution in [3.05, 3.63) is 48.0 Å². The van der Waals surface area contributed by atoms with Crippen molar-refractivity contribution in [3.63, 3.8) is 0 Å². The van der Waals surface area contributed by atoms with E-state index in [0.29, 0.717) is 5.69 Å². The predicted molar refractivity (Wildman–Crippen MR) is 83.2 cm³/mol. The van der Waals surface area contributed by atoms with Gasteiger partial charge >= 0.3 is 10.2 Å². The topological polar surface area (TPSA) is 64.3 Å². The second kappa shape index (κ2) is 5.00. The Bertz CT molecular complexity index is 792. The van der Waals surface area contributed by atoms with Gasteiger partial charge in [0.2, 0.25) is 0 Å². The molecule has 1 amide bonds. The third-order valence-corrected chi connectivity index (χ3v) is 4.22. The Morgan fingerprint density at radius 2 is 1.62 bits per heavy atom. The Labute approximate surface area is 134 Å². The molecule has 0 aliphatic carbocycles. The number of benzene rings is 2. The number of hydrogen-bond acceptors (Lipinski definition) is 3. The van der Waals surface area contributed by atoms with E-state index >= 15 is 0 Å². The van der Waals surface area contributed by atoms with Crippen LogP contribution in [0.5, 0.6) is 5.75 Å². The normalized spacial score (nSPS) is 14.4. The summed E-state index contributed by atoms with van der Waals surface area (Å²) in [5.74, 6) is -0.410. The molecule has 3 N–H and O–H groups in total. The number of rotatable bonds is 4. The summed E-state index contributed by atoms with van der Waals surface area (Å²) in [6, 6.07) is 6.09. The maximum absolute atomic E-state index is 12.6. The molecule has 0 atom stereocenters. The number of ether oxygens (including phenoxy) is 1. The van der Waals surface area contributed by atoms with Gasteiger partial charge in [-0.2, -0.15) is 0 Å². The number of nitrogens with one attached hydrogen (secondary N) is 1. The van der Waals surface area contributed by atoms with Crippen LogP contribution in [0.2, 0.25) is 0 Å². The van der Waals surface area contributed by atoms with Gasteiger partial charge in [-0.1, -0.05) is 19.4 Å². The molecule has 4 nitrogen and oxygen atoms in total. The van der Waals surface area contributed by atoms with Crippen LogP contribution >= 0.6 is 10.2 Å². The fourth-order valence-corrected chi connectivity index (χ4v) is 2.50. The van der Waals surface area contributed by atoms with Gasteiger partial charge in [0.25, 0.3) is 5.91 Å². The van der Waals surface area contributed by atoms with Crippen molar-refractivity contribution < 1.29 is 29.0 Å². The van der Waals surface area contributed by atoms with Crippen LogP contribution in [-0.2, 0) is 0 Å². The van der Waals surface area contributed by atoms with Crippen molar-refractivity contribution >= 4 is 27.5 Å². The van der Waals surface area contributed by atoms with Crippen molar-refractivity contribution in [2.75, 3.05) is 18.2 Å². The third kappa shape index (κ3) is 4.07. The zero-order chi connectivity index (χ0) is 18.2. The van der Waals surface area contributed by atoms with Crippen LogP contribution in [0.15, 0.2) is 47.4 Å². The van der Waals surface area contributed by atoms with E-state index in [9.17, 15) is 24.2 Å². The van der Waals surface area contributed by atoms with Gasteiger partial charge in [0.15, 0.2) is 0 Å². The molecule has 0 aliphatic heterocycles. The predicted octanol–water partition coefficient (Wildman–Crippen LogP) is 5.19. The van der Waals surface area contributed by atoms with Crippen molar-refractivity contribution in [3.8, 4) is 5.75 Å². The van der Waals surface area contributed by atoms with Gasteiger partial charge in [-0.25, -0.2) is 0 Å². The van der Waals surface area contributed by atoms with Crippen LogP contribution in [-0.4, -0.2) is 13.0 Å². The number of nitrogens with two attached hydrogens (primary N) is 1. The number of halogens is 5. The molecule has 0 saturated carbocycles. The summed E-state index contributed by atoms with van der Waals surface area (Å²) in [5, 5.41) is 2.30. The average molecular weight is 368 g/mol. The lowest BCUT2D eigenvalue weighted by Gasteiger charge is -2.40. The Morgan fingerprint density at radius 3 is 2.12 bits per heavy atom. The summed E-state index contributed by atoms with van der Waals surface area (Å²) >= 11 is 0. The molecule has 0 radical (unpaired) electrons. The Balaban J connectivity index is 2.22. The van der Waals surface area contributed by atoms with E-state index in [1.165, 1.54) is 25.3 Å². The fourth-order valence-electron chi connectivity index (χ4n) is 1.85. The summed E-state index contributed by atoms with van der Waals surface area (Å²) in [7, 11) is -8.37. The van der Waals surface area contributed by atoms with Crippen molar-refractivity contribution in [1.82, 2.24) is 0 Å². The number of carbonyl (C=O) groups excluding carboxylic acids is 1. The van der Waals surface area contributed by atoms with Crippen molar-refractivity contribution in [2.24, 2.45) is 0 Å². The molecule has 0 bridgehead atoms. The summed E-state index contributed by atoms with van der Waals surface area (Å²) in [6.45, 7) is 0. The van der Waals surface area contributed by atoms with Crippen LogP contribution in [0.25, 0.3) is 0 Å². The van der Waals surface area contributed by atoms with Crippen LogP contribution in [0.1, 0.15) is 10.4 Å². The Kier molecular flexibility index (Phi) is 3.72. The van der Waals surface area contributed by atoms with Crippen molar-refractivity contribution in [1.29, 1.82) is 0 Å². The van der Waals surface area contributed by atoms with E-state index in [1.54, 1.807) is 0 Å². The Hall–Kier alpha value is -2.49. The molecule has 0 heterocycles. The zero-order valence-corrected chi connectivity index (χ0v) is 13.0. The van der Waals surface area contributed by atoms with Gasteiger partial charge in [0, 0.05) is 11.3 Å². The second-order valence-electron chi connectivity index (χ2n) is 4.90. The molecule has 0 spiro atoms. The maximum Gasteiger partial charge on any atom is 0.310 e. The highest BCUT2D eigenvalue weighted by Gasteiger charge is 2.65. The van der Waals surface area contributed by atoms with Gasteiger partial charge in [-0.3, -0.25) is 4.79 Å². The number of hydrogen-bond donors (Lipinski definition) is 2. The first kappa shape index (κ1) is 17.9. The van der Waals surface area contributed by atoms with Gasteiger partial charge in [-0.15, -0.1) is 0 Å². The molecular weight excluding hydrogens is 355 g/mol. The number of amides is 1. The van der Waals surface area contributed by atoms with Crippen LogP contribution < -0.4 is 15.8 Å². The number of nitrogen functional groups attached to an aromatic ring is 1. The average Bonchev–Trinajstić information content (AvgIpc) is 2.45. The van der Waals surface area contributed by atoms with E-state index in [1.807, 2.05) is 0 Å². The second-order valence-corrected chi connectivity index (χ2v) is 7.31. The molecule has 0 aliphatic rings. The first-order valence-corrected chi connectivity index (χ1v) is 8.34. The molecular formula is C14H13F5N2O2S. The van der Waals surface area contributed by atoms with E-state index in [2.05, 4.69) is 5.32 Å². The number of carbonyl (C=O) groups is 1. The lowest BCUT2D eigenvalue weighted by atomic mass is 10.1. The minimum absolute atomic E-state index is 0.0682. The third-order valence-electron chi connectivity index (χ3n) is 3.05. The molecule has 10 heteroatoms. The quantitative estimate of drug-likeness (QED) is 0.577. The lowest BCUT2D eigenvalue weighted by Crippen LogP contribution is -2.12. The maximum atomic E-state index is 12.6. The summed E-state index contributed by atoms with van der Waals surface area (Å²) in [4.78, 5) is 10.0. The van der Waals surface area contributed by atoms with E-state index in [0.717, 1.165) is 12.1 Å². The zero-order valence-electron chi connectivity index (χ0n) is 12.2. The fraction of sp³-hybridized carbons (Fsp3) is 0.0714. The standard InChI is InChI=1S/C14H13F5N2O2S/c1-23-13-8-9(2-7-12(13)20)14(22)21-10-3-5-11(6-4-10)24(15,16,17,18)19/h2-8H,20H2,1H3,(H,21,22). The first-order chi connectivity index (χ1) is 10.8. The van der Waals surface area contributed by atoms with Gasteiger partial charge < -0.3 is 15.8 Å². The van der Waals surface area contributed by atoms with E-state index in [-0.39, 0.29) is 29.1 Å². The van der Waals surface area contributed by atoms with Crippen LogP contribution in [0.3, 0.4) is 0 Å². The summed E-state index contributed by atoms with van der Waals surface area (Å²) in [5.41, 5.74) is 5.97. The Morgan fingerprint density at radius 1 is 1.04 bits per heavy atom. The number of anilines is 2. The molecule has 2 aromatic rings. The largest absolute Gasteiger partial charge is 0.495 e. The molecule has 0 saturated heterocycles. The van der Waals surface area contributed by atoms with Crippen LogP contribution in [0, 0.1) is 0 Å². The molecule has 0 aromatic heterocycles. The minimum atomic E-state index is -9.73. The lowest BCUT2D eigenvalue weighted by molar-refractivity contribution is 0.102. The molecule has 24 heavy (non-hydrogen) atoms. The monoisotopic (exact) mass is 368 g/mol. The highest BCUT2D eigenvalue weighted by Crippen LogP contribution is 3.02. The van der Waals surface area contributed by atoms with Gasteiger partial charge in [0.1, 0.15) is 10.6 Å². The SMILES string of the molecule is COc1cc(C(=O)Nc2ccc(S(F)(F)(F)(F)F)cc2)ccc1N. The highest BCUT2D eigenvalue weighted by molar-refractivity contribution is 8.45. The highest BCUT2D eigenvalue weighted by atomic mass is 32.5. The van der Waals surface area contributed by atoms with Gasteiger partial charge in [-0.05, 0) is 42.5 Å². The molecule has 132 valence electrons. The smallest absolute Gasteiger partial charge is 0.310 e.